The van der Waals surface area contributed by atoms with E-state index >= 15 is 0 Å². The van der Waals surface area contributed by atoms with Crippen LogP contribution in [0.1, 0.15) is 30.1 Å². The molecule has 1 saturated heterocycles. The van der Waals surface area contributed by atoms with Crippen molar-refractivity contribution in [3.05, 3.63) is 27.7 Å². The van der Waals surface area contributed by atoms with Gasteiger partial charge in [-0.15, -0.1) is 0 Å². The fourth-order valence-corrected chi connectivity index (χ4v) is 2.92. The van der Waals surface area contributed by atoms with Crippen LogP contribution in [0.15, 0.2) is 12.1 Å². The van der Waals surface area contributed by atoms with Gasteiger partial charge in [0.2, 0.25) is 0 Å². The minimum absolute atomic E-state index is 0.124. The molecule has 1 aromatic carbocycles. The first-order chi connectivity index (χ1) is 9.81. The van der Waals surface area contributed by atoms with Gasteiger partial charge in [0.05, 0.1) is 15.6 Å². The number of nitrogens with two attached hydrogens (primary N) is 1. The third kappa shape index (κ3) is 4.02. The van der Waals surface area contributed by atoms with Crippen molar-refractivity contribution in [1.29, 1.82) is 0 Å². The number of rotatable bonds is 3. The second-order valence-corrected chi connectivity index (χ2v) is 6.95. The molecule has 4 nitrogen and oxygen atoms in total. The Kier molecular flexibility index (Phi) is 5.02. The Labute approximate surface area is 135 Å². The Morgan fingerprint density at radius 3 is 2.62 bits per heavy atom. The standard InChI is InChI=1S/C15H21Cl2N3O/c1-15(3-5-20(2)6-4-15)9-19-14(21)11-7-10(18)8-12(16)13(11)17/h7-8H,3-6,9,18H2,1-2H3,(H,19,21). The van der Waals surface area contributed by atoms with Crippen LogP contribution >= 0.6 is 23.2 Å². The molecule has 1 fully saturated rings. The number of halogens is 2. The molecule has 1 amide bonds. The van der Waals surface area contributed by atoms with E-state index in [1.165, 1.54) is 0 Å². The summed E-state index contributed by atoms with van der Waals surface area (Å²) in [6.07, 6.45) is 2.13. The molecular formula is C15H21Cl2N3O. The van der Waals surface area contributed by atoms with Gasteiger partial charge in [0.25, 0.3) is 5.91 Å². The minimum atomic E-state index is -0.227. The summed E-state index contributed by atoms with van der Waals surface area (Å²) < 4.78 is 0. The molecule has 0 unspecified atom stereocenters. The number of hydrogen-bond donors (Lipinski definition) is 2. The first kappa shape index (κ1) is 16.4. The van der Waals surface area contributed by atoms with E-state index in [9.17, 15) is 4.79 Å². The number of nitrogen functional groups attached to an aromatic ring is 1. The highest BCUT2D eigenvalue weighted by Crippen LogP contribution is 2.31. The van der Waals surface area contributed by atoms with Crippen LogP contribution in [-0.2, 0) is 0 Å². The fraction of sp³-hybridized carbons (Fsp3) is 0.533. The highest BCUT2D eigenvalue weighted by Gasteiger charge is 2.29. The number of hydrogen-bond acceptors (Lipinski definition) is 3. The second-order valence-electron chi connectivity index (χ2n) is 6.16. The van der Waals surface area contributed by atoms with E-state index in [4.69, 9.17) is 28.9 Å². The van der Waals surface area contributed by atoms with Crippen molar-refractivity contribution in [2.75, 3.05) is 32.4 Å². The molecule has 3 N–H and O–H groups in total. The van der Waals surface area contributed by atoms with Crippen LogP contribution in [0.25, 0.3) is 0 Å². The molecular weight excluding hydrogens is 309 g/mol. The van der Waals surface area contributed by atoms with Crippen LogP contribution in [0.5, 0.6) is 0 Å². The maximum Gasteiger partial charge on any atom is 0.252 e. The zero-order chi connectivity index (χ0) is 15.6. The van der Waals surface area contributed by atoms with Gasteiger partial charge in [0.1, 0.15) is 0 Å². The summed E-state index contributed by atoms with van der Waals surface area (Å²) in [5.41, 5.74) is 6.60. The molecule has 0 aliphatic carbocycles. The number of benzene rings is 1. The molecule has 6 heteroatoms. The van der Waals surface area contributed by atoms with Gasteiger partial charge in [-0.3, -0.25) is 4.79 Å². The number of carbonyl (C=O) groups excluding carboxylic acids is 1. The van der Waals surface area contributed by atoms with Crippen molar-refractivity contribution in [1.82, 2.24) is 10.2 Å². The zero-order valence-corrected chi connectivity index (χ0v) is 13.9. The fourth-order valence-electron chi connectivity index (χ4n) is 2.50. The van der Waals surface area contributed by atoms with Crippen molar-refractivity contribution in [3.63, 3.8) is 0 Å². The predicted molar refractivity (Wildman–Crippen MR) is 88.0 cm³/mol. The quantitative estimate of drug-likeness (QED) is 0.838. The van der Waals surface area contributed by atoms with Crippen LogP contribution in [0.2, 0.25) is 10.0 Å². The van der Waals surface area contributed by atoms with E-state index in [2.05, 4.69) is 24.2 Å². The van der Waals surface area contributed by atoms with Gasteiger partial charge in [-0.1, -0.05) is 30.1 Å². The van der Waals surface area contributed by atoms with Crippen LogP contribution in [0.4, 0.5) is 5.69 Å². The Bertz CT molecular complexity index is 540. The molecule has 0 radical (unpaired) electrons. The Hall–Kier alpha value is -0.970. The van der Waals surface area contributed by atoms with Crippen LogP contribution in [0, 0.1) is 5.41 Å². The lowest BCUT2D eigenvalue weighted by Crippen LogP contribution is -2.43. The third-order valence-corrected chi connectivity index (χ3v) is 4.97. The van der Waals surface area contributed by atoms with E-state index < -0.39 is 0 Å². The van der Waals surface area contributed by atoms with Gasteiger partial charge < -0.3 is 16.0 Å². The van der Waals surface area contributed by atoms with Crippen LogP contribution < -0.4 is 11.1 Å². The molecule has 21 heavy (non-hydrogen) atoms. The topological polar surface area (TPSA) is 58.4 Å². The molecule has 0 atom stereocenters. The Morgan fingerprint density at radius 2 is 2.00 bits per heavy atom. The smallest absolute Gasteiger partial charge is 0.252 e. The predicted octanol–water partition coefficient (Wildman–Crippen LogP) is 3.04. The first-order valence-corrected chi connectivity index (χ1v) is 7.78. The minimum Gasteiger partial charge on any atom is -0.399 e. The molecule has 116 valence electrons. The average Bonchev–Trinajstić information content (AvgIpc) is 2.44. The van der Waals surface area contributed by atoms with Gasteiger partial charge in [-0.05, 0) is 50.5 Å². The highest BCUT2D eigenvalue weighted by atomic mass is 35.5. The Morgan fingerprint density at radius 1 is 1.38 bits per heavy atom. The van der Waals surface area contributed by atoms with E-state index in [-0.39, 0.29) is 16.3 Å². The van der Waals surface area contributed by atoms with Crippen molar-refractivity contribution in [2.45, 2.75) is 19.8 Å². The maximum absolute atomic E-state index is 12.3. The third-order valence-electron chi connectivity index (χ3n) is 4.17. The maximum atomic E-state index is 12.3. The molecule has 0 spiro atoms. The van der Waals surface area contributed by atoms with Gasteiger partial charge in [0.15, 0.2) is 0 Å². The summed E-state index contributed by atoms with van der Waals surface area (Å²) in [7, 11) is 2.12. The molecule has 1 heterocycles. The largest absolute Gasteiger partial charge is 0.399 e. The van der Waals surface area contributed by atoms with Crippen molar-refractivity contribution >= 4 is 34.8 Å². The zero-order valence-electron chi connectivity index (χ0n) is 12.4. The summed E-state index contributed by atoms with van der Waals surface area (Å²) in [6, 6.07) is 3.10. The van der Waals surface area contributed by atoms with Crippen LogP contribution in [0.3, 0.4) is 0 Å². The second kappa shape index (κ2) is 6.42. The highest BCUT2D eigenvalue weighted by molar-refractivity contribution is 6.44. The molecule has 1 aliphatic rings. The number of nitrogens with zero attached hydrogens (tertiary/aromatic N) is 1. The van der Waals surface area contributed by atoms with Crippen molar-refractivity contribution < 1.29 is 4.79 Å². The number of carbonyl (C=O) groups is 1. The Balaban J connectivity index is 2.02. The normalized spacial score (nSPS) is 18.5. The monoisotopic (exact) mass is 329 g/mol. The van der Waals surface area contributed by atoms with E-state index in [1.807, 2.05) is 0 Å². The summed E-state index contributed by atoms with van der Waals surface area (Å²) in [5, 5.41) is 3.51. The van der Waals surface area contributed by atoms with Gasteiger partial charge in [0, 0.05) is 12.2 Å². The lowest BCUT2D eigenvalue weighted by atomic mass is 9.80. The summed E-state index contributed by atoms with van der Waals surface area (Å²) >= 11 is 12.0. The first-order valence-electron chi connectivity index (χ1n) is 7.02. The van der Waals surface area contributed by atoms with E-state index in [0.29, 0.717) is 22.8 Å². The molecule has 0 bridgehead atoms. The average molecular weight is 330 g/mol. The number of piperidine rings is 1. The van der Waals surface area contributed by atoms with E-state index in [1.54, 1.807) is 12.1 Å². The molecule has 1 aromatic rings. The lowest BCUT2D eigenvalue weighted by molar-refractivity contribution is 0.0892. The SMILES string of the molecule is CN1CCC(C)(CNC(=O)c2cc(N)cc(Cl)c2Cl)CC1. The summed E-state index contributed by atoms with van der Waals surface area (Å²) in [4.78, 5) is 14.6. The van der Waals surface area contributed by atoms with Gasteiger partial charge in [-0.25, -0.2) is 0 Å². The molecule has 0 saturated carbocycles. The molecule has 2 rings (SSSR count). The van der Waals surface area contributed by atoms with E-state index in [0.717, 1.165) is 25.9 Å². The van der Waals surface area contributed by atoms with Crippen molar-refractivity contribution in [3.8, 4) is 0 Å². The number of likely N-dealkylation sites (tertiary alicyclic amines) is 1. The van der Waals surface area contributed by atoms with Gasteiger partial charge in [-0.2, -0.15) is 0 Å². The number of anilines is 1. The van der Waals surface area contributed by atoms with Crippen molar-refractivity contribution in [2.24, 2.45) is 5.41 Å². The summed E-state index contributed by atoms with van der Waals surface area (Å²) in [6.45, 7) is 4.94. The molecule has 0 aromatic heterocycles. The lowest BCUT2D eigenvalue weighted by Gasteiger charge is -2.38. The molecule has 1 aliphatic heterocycles. The summed E-state index contributed by atoms with van der Waals surface area (Å²) in [5.74, 6) is -0.227. The number of nitrogens with one attached hydrogen (secondary N) is 1. The van der Waals surface area contributed by atoms with Crippen LogP contribution in [-0.4, -0.2) is 37.5 Å². The van der Waals surface area contributed by atoms with Gasteiger partial charge >= 0.3 is 0 Å². The number of amides is 1.